The first-order valence-electron chi connectivity index (χ1n) is 7.07. The number of nitrogens with zero attached hydrogens (tertiary/aromatic N) is 2. The van der Waals surface area contributed by atoms with E-state index in [1.807, 2.05) is 0 Å². The number of carbonyl (C=O) groups excluding carboxylic acids is 1. The summed E-state index contributed by atoms with van der Waals surface area (Å²) in [5.41, 5.74) is 0.671. The molecule has 0 unspecified atom stereocenters. The number of hydrogen-bond donors (Lipinski definition) is 2. The minimum atomic E-state index is -0.478. The molecule has 1 aliphatic heterocycles. The third-order valence-electron chi connectivity index (χ3n) is 3.85. The molecule has 1 saturated heterocycles. The number of anilines is 1. The highest BCUT2D eigenvalue weighted by atomic mass is 16.6. The lowest BCUT2D eigenvalue weighted by molar-refractivity contribution is -0.384. The molecule has 7 nitrogen and oxygen atoms in total. The summed E-state index contributed by atoms with van der Waals surface area (Å²) in [7, 11) is 0. The van der Waals surface area contributed by atoms with Crippen molar-refractivity contribution in [2.45, 2.75) is 31.4 Å². The van der Waals surface area contributed by atoms with Crippen LogP contribution in [0.1, 0.15) is 29.6 Å². The third kappa shape index (κ3) is 2.97. The van der Waals surface area contributed by atoms with Crippen LogP contribution in [0.5, 0.6) is 0 Å². The van der Waals surface area contributed by atoms with Crippen molar-refractivity contribution in [3.05, 3.63) is 33.9 Å². The van der Waals surface area contributed by atoms with Gasteiger partial charge in [-0.2, -0.15) is 0 Å². The molecule has 1 aliphatic carbocycles. The van der Waals surface area contributed by atoms with Gasteiger partial charge in [-0.25, -0.2) is 0 Å². The van der Waals surface area contributed by atoms with Crippen molar-refractivity contribution in [1.82, 2.24) is 5.32 Å². The molecule has 1 saturated carbocycles. The Morgan fingerprint density at radius 1 is 1.38 bits per heavy atom. The number of hydrogen-bond acceptors (Lipinski definition) is 5. The highest BCUT2D eigenvalue weighted by molar-refractivity contribution is 5.96. The molecule has 1 aromatic carbocycles. The van der Waals surface area contributed by atoms with Gasteiger partial charge in [0.2, 0.25) is 0 Å². The van der Waals surface area contributed by atoms with Crippen LogP contribution in [0.4, 0.5) is 11.4 Å². The molecule has 0 aromatic heterocycles. The predicted molar refractivity (Wildman–Crippen MR) is 76.4 cm³/mol. The molecule has 1 heterocycles. The van der Waals surface area contributed by atoms with Crippen LogP contribution >= 0.6 is 0 Å². The van der Waals surface area contributed by atoms with Crippen LogP contribution in [0.2, 0.25) is 0 Å². The molecule has 3 rings (SSSR count). The smallest absolute Gasteiger partial charge is 0.293 e. The molecule has 1 atom stereocenters. The summed E-state index contributed by atoms with van der Waals surface area (Å²) in [4.78, 5) is 24.5. The summed E-state index contributed by atoms with van der Waals surface area (Å²) < 4.78 is 0. The third-order valence-corrected chi connectivity index (χ3v) is 3.85. The minimum Gasteiger partial charge on any atom is -0.391 e. The summed E-state index contributed by atoms with van der Waals surface area (Å²) in [6.07, 6.45) is 2.08. The van der Waals surface area contributed by atoms with Gasteiger partial charge < -0.3 is 15.3 Å². The topological polar surface area (TPSA) is 95.7 Å². The Balaban J connectivity index is 1.86. The van der Waals surface area contributed by atoms with Gasteiger partial charge in [0.15, 0.2) is 0 Å². The number of nitro benzene ring substituents is 1. The van der Waals surface area contributed by atoms with E-state index in [0.717, 1.165) is 12.8 Å². The molecule has 0 spiro atoms. The number of nitrogens with one attached hydrogen (secondary N) is 1. The number of rotatable bonds is 4. The fraction of sp³-hybridized carbons (Fsp3) is 0.500. The van der Waals surface area contributed by atoms with Crippen molar-refractivity contribution in [1.29, 1.82) is 0 Å². The molecule has 1 aromatic rings. The zero-order chi connectivity index (χ0) is 15.0. The van der Waals surface area contributed by atoms with Crippen molar-refractivity contribution in [2.24, 2.45) is 0 Å². The van der Waals surface area contributed by atoms with E-state index in [1.165, 1.54) is 6.07 Å². The zero-order valence-electron chi connectivity index (χ0n) is 11.5. The number of carbonyl (C=O) groups is 1. The largest absolute Gasteiger partial charge is 0.391 e. The minimum absolute atomic E-state index is 0.0902. The lowest BCUT2D eigenvalue weighted by Crippen LogP contribution is -2.26. The lowest BCUT2D eigenvalue weighted by Gasteiger charge is -2.18. The van der Waals surface area contributed by atoms with E-state index in [1.54, 1.807) is 17.0 Å². The molecule has 2 aliphatic rings. The van der Waals surface area contributed by atoms with Crippen molar-refractivity contribution in [3.8, 4) is 0 Å². The summed E-state index contributed by atoms with van der Waals surface area (Å²) in [5, 5.41) is 23.6. The average Bonchev–Trinajstić information content (AvgIpc) is 3.16. The molecule has 2 N–H and O–H groups in total. The molecule has 1 amide bonds. The van der Waals surface area contributed by atoms with E-state index in [0.29, 0.717) is 30.8 Å². The number of benzene rings is 1. The van der Waals surface area contributed by atoms with E-state index in [4.69, 9.17) is 0 Å². The van der Waals surface area contributed by atoms with Gasteiger partial charge in [0.1, 0.15) is 5.69 Å². The van der Waals surface area contributed by atoms with E-state index in [-0.39, 0.29) is 17.6 Å². The number of aliphatic hydroxyl groups is 1. The van der Waals surface area contributed by atoms with Gasteiger partial charge in [-0.3, -0.25) is 14.9 Å². The maximum absolute atomic E-state index is 12.0. The summed E-state index contributed by atoms with van der Waals surface area (Å²) in [6.45, 7) is 0.962. The van der Waals surface area contributed by atoms with Gasteiger partial charge in [-0.05, 0) is 31.4 Å². The van der Waals surface area contributed by atoms with Crippen molar-refractivity contribution >= 4 is 17.3 Å². The first-order valence-corrected chi connectivity index (χ1v) is 7.07. The van der Waals surface area contributed by atoms with Crippen molar-refractivity contribution < 1.29 is 14.8 Å². The van der Waals surface area contributed by atoms with Crippen LogP contribution in [0.15, 0.2) is 18.2 Å². The molecular formula is C14H17N3O4. The Labute approximate surface area is 121 Å². The first kappa shape index (κ1) is 13.8. The number of amides is 1. The van der Waals surface area contributed by atoms with Crippen LogP contribution < -0.4 is 10.2 Å². The second-order valence-corrected chi connectivity index (χ2v) is 5.60. The van der Waals surface area contributed by atoms with Gasteiger partial charge in [-0.1, -0.05) is 0 Å². The van der Waals surface area contributed by atoms with Gasteiger partial charge >= 0.3 is 0 Å². The maximum Gasteiger partial charge on any atom is 0.293 e. The molecular weight excluding hydrogens is 274 g/mol. The van der Waals surface area contributed by atoms with E-state index in [9.17, 15) is 20.0 Å². The number of β-amino-alcohol motifs (C(OH)–C–C–N with tert-alkyl or cyclic N) is 1. The second kappa shape index (κ2) is 5.33. The Bertz CT molecular complexity index is 586. The SMILES string of the molecule is O=C(NC1CC1)c1ccc(N2CC[C@@H](O)C2)c([N+](=O)[O-])c1. The molecule has 21 heavy (non-hydrogen) atoms. The van der Waals surface area contributed by atoms with Crippen LogP contribution in [0, 0.1) is 10.1 Å². The zero-order valence-corrected chi connectivity index (χ0v) is 11.5. The van der Waals surface area contributed by atoms with Gasteiger partial charge in [-0.15, -0.1) is 0 Å². The average molecular weight is 291 g/mol. The van der Waals surface area contributed by atoms with Crippen LogP contribution in [0.25, 0.3) is 0 Å². The summed E-state index contributed by atoms with van der Waals surface area (Å²) >= 11 is 0. The molecule has 2 fully saturated rings. The fourth-order valence-electron chi connectivity index (χ4n) is 2.54. The monoisotopic (exact) mass is 291 g/mol. The first-order chi connectivity index (χ1) is 10.0. The van der Waals surface area contributed by atoms with Crippen LogP contribution in [0.3, 0.4) is 0 Å². The van der Waals surface area contributed by atoms with Gasteiger partial charge in [0.25, 0.3) is 11.6 Å². The van der Waals surface area contributed by atoms with Crippen molar-refractivity contribution in [3.63, 3.8) is 0 Å². The van der Waals surface area contributed by atoms with Crippen LogP contribution in [-0.4, -0.2) is 41.2 Å². The second-order valence-electron chi connectivity index (χ2n) is 5.60. The highest BCUT2D eigenvalue weighted by Gasteiger charge is 2.28. The normalized spacial score (nSPS) is 21.4. The summed E-state index contributed by atoms with van der Waals surface area (Å²) in [5.74, 6) is -0.270. The van der Waals surface area contributed by atoms with Gasteiger partial charge in [0.05, 0.1) is 11.0 Å². The molecule has 7 heteroatoms. The molecule has 0 bridgehead atoms. The number of nitro groups is 1. The maximum atomic E-state index is 12.0. The fourth-order valence-corrected chi connectivity index (χ4v) is 2.54. The highest BCUT2D eigenvalue weighted by Crippen LogP contribution is 2.32. The predicted octanol–water partition coefficient (Wildman–Crippen LogP) is 1.06. The van der Waals surface area contributed by atoms with Crippen molar-refractivity contribution in [2.75, 3.05) is 18.0 Å². The Morgan fingerprint density at radius 2 is 2.14 bits per heavy atom. The lowest BCUT2D eigenvalue weighted by atomic mass is 10.1. The summed E-state index contributed by atoms with van der Waals surface area (Å²) in [6, 6.07) is 4.73. The Kier molecular flexibility index (Phi) is 3.50. The molecule has 0 radical (unpaired) electrons. The Morgan fingerprint density at radius 3 is 2.71 bits per heavy atom. The van der Waals surface area contributed by atoms with E-state index < -0.39 is 11.0 Å². The van der Waals surface area contributed by atoms with Gasteiger partial charge in [0, 0.05) is 30.8 Å². The molecule has 112 valence electrons. The van der Waals surface area contributed by atoms with E-state index >= 15 is 0 Å². The standard InChI is InChI=1S/C14H17N3O4/c18-11-5-6-16(8-11)12-4-1-9(7-13(12)17(20)21)14(19)15-10-2-3-10/h1,4,7,10-11,18H,2-3,5-6,8H2,(H,15,19)/t11-/m1/s1. The van der Waals surface area contributed by atoms with Crippen LogP contribution in [-0.2, 0) is 0 Å². The Hall–Kier alpha value is -2.15. The van der Waals surface area contributed by atoms with E-state index in [2.05, 4.69) is 5.32 Å². The number of aliphatic hydroxyl groups excluding tert-OH is 1. The quantitative estimate of drug-likeness (QED) is 0.638.